The van der Waals surface area contributed by atoms with Gasteiger partial charge in [-0.1, -0.05) is 11.3 Å². The van der Waals surface area contributed by atoms with Gasteiger partial charge in [0.2, 0.25) is 0 Å². The van der Waals surface area contributed by atoms with Gasteiger partial charge in [0.15, 0.2) is 5.69 Å². The maximum Gasteiger partial charge on any atom is 0.413 e. The van der Waals surface area contributed by atoms with Crippen molar-refractivity contribution in [2.75, 3.05) is 19.8 Å². The quantitative estimate of drug-likeness (QED) is 0.341. The number of aromatic nitrogens is 1. The van der Waals surface area contributed by atoms with Gasteiger partial charge in [-0.05, 0) is 20.8 Å². The first kappa shape index (κ1) is 18.8. The predicted octanol–water partition coefficient (Wildman–Crippen LogP) is 4.18. The summed E-state index contributed by atoms with van der Waals surface area (Å²) < 4.78 is 32.8. The van der Waals surface area contributed by atoms with E-state index in [9.17, 15) is 9.36 Å². The molecule has 0 aliphatic heterocycles. The fourth-order valence-electron chi connectivity index (χ4n) is 0.971. The molecule has 21 heavy (non-hydrogen) atoms. The highest BCUT2D eigenvalue weighted by Crippen LogP contribution is 2.69. The van der Waals surface area contributed by atoms with E-state index in [-0.39, 0.29) is 17.5 Å². The summed E-state index contributed by atoms with van der Waals surface area (Å²) in [5.41, 5.74) is 0.117. The first-order chi connectivity index (χ1) is 10.0. The molecule has 0 atom stereocenters. The maximum absolute atomic E-state index is 12.5. The number of carbonyl (C=O) groups is 1. The Kier molecular flexibility index (Phi) is 8.69. The Morgan fingerprint density at radius 3 is 2.38 bits per heavy atom. The fraction of sp³-hybridized carbons (Fsp3) is 0.600. The van der Waals surface area contributed by atoms with Crippen molar-refractivity contribution in [1.29, 1.82) is 0 Å². The molecular formula is C10H16NO6PS3. The van der Waals surface area contributed by atoms with Crippen molar-refractivity contribution in [2.24, 2.45) is 0 Å². The molecule has 0 aliphatic carbocycles. The van der Waals surface area contributed by atoms with Crippen molar-refractivity contribution in [3.05, 3.63) is 11.1 Å². The van der Waals surface area contributed by atoms with Crippen molar-refractivity contribution in [3.8, 4) is 5.19 Å². The average Bonchev–Trinajstić information content (AvgIpc) is 2.92. The van der Waals surface area contributed by atoms with Crippen LogP contribution >= 0.6 is 40.4 Å². The molecule has 0 fully saturated rings. The third-order valence-corrected chi connectivity index (χ3v) is 7.24. The van der Waals surface area contributed by atoms with Crippen LogP contribution in [0, 0.1) is 0 Å². The SMILES string of the molecule is CCOSP(=O)(Oc1nc(C(=O)OCC)cs1)SOCC. The Balaban J connectivity index is 2.74. The number of carbonyl (C=O) groups excluding carboxylic acids is 1. The van der Waals surface area contributed by atoms with Gasteiger partial charge < -0.3 is 17.6 Å². The molecule has 0 aliphatic rings. The van der Waals surface area contributed by atoms with Crippen LogP contribution in [0.2, 0.25) is 0 Å². The molecule has 1 aromatic rings. The first-order valence-corrected chi connectivity index (χ1v) is 11.3. The number of thiazole rings is 1. The number of hydrogen-bond acceptors (Lipinski definition) is 10. The second-order valence-corrected chi connectivity index (χ2v) is 10.4. The van der Waals surface area contributed by atoms with Gasteiger partial charge in [0.05, 0.1) is 19.8 Å². The third-order valence-electron chi connectivity index (χ3n) is 1.68. The van der Waals surface area contributed by atoms with E-state index in [2.05, 4.69) is 4.98 Å². The highest BCUT2D eigenvalue weighted by Gasteiger charge is 2.31. The van der Waals surface area contributed by atoms with Gasteiger partial charge in [0, 0.05) is 5.38 Å². The summed E-state index contributed by atoms with van der Waals surface area (Å²) in [7, 11) is 0. The minimum atomic E-state index is -3.32. The van der Waals surface area contributed by atoms with Crippen LogP contribution in [0.3, 0.4) is 0 Å². The van der Waals surface area contributed by atoms with Gasteiger partial charge >= 0.3 is 11.7 Å². The van der Waals surface area contributed by atoms with E-state index in [4.69, 9.17) is 17.6 Å². The smallest absolute Gasteiger partial charge is 0.413 e. The van der Waals surface area contributed by atoms with Crippen molar-refractivity contribution < 1.29 is 27.0 Å². The number of esters is 1. The van der Waals surface area contributed by atoms with E-state index in [1.54, 1.807) is 20.8 Å². The zero-order chi connectivity index (χ0) is 15.7. The third kappa shape index (κ3) is 6.58. The lowest BCUT2D eigenvalue weighted by molar-refractivity contribution is 0.0520. The molecule has 11 heteroatoms. The maximum atomic E-state index is 12.5. The van der Waals surface area contributed by atoms with E-state index >= 15 is 0 Å². The molecule has 1 aromatic heterocycles. The van der Waals surface area contributed by atoms with Crippen LogP contribution in [0.1, 0.15) is 31.3 Å². The van der Waals surface area contributed by atoms with Crippen LogP contribution < -0.4 is 4.52 Å². The molecule has 0 amide bonds. The zero-order valence-electron chi connectivity index (χ0n) is 11.8. The van der Waals surface area contributed by atoms with Crippen LogP contribution in [0.5, 0.6) is 5.19 Å². The number of hydrogen-bond donors (Lipinski definition) is 0. The topological polar surface area (TPSA) is 84.0 Å². The Labute approximate surface area is 135 Å². The van der Waals surface area contributed by atoms with Gasteiger partial charge in [-0.15, -0.1) is 0 Å². The van der Waals surface area contributed by atoms with E-state index < -0.39 is 11.7 Å². The Morgan fingerprint density at radius 1 is 1.24 bits per heavy atom. The molecule has 7 nitrogen and oxygen atoms in total. The van der Waals surface area contributed by atoms with Crippen molar-refractivity contribution >= 4 is 46.4 Å². The summed E-state index contributed by atoms with van der Waals surface area (Å²) in [6.07, 6.45) is 0. The van der Waals surface area contributed by atoms with Crippen molar-refractivity contribution in [3.63, 3.8) is 0 Å². The molecule has 0 saturated heterocycles. The van der Waals surface area contributed by atoms with Crippen molar-refractivity contribution in [2.45, 2.75) is 20.8 Å². The molecule has 0 aromatic carbocycles. The minimum Gasteiger partial charge on any atom is -0.461 e. The van der Waals surface area contributed by atoms with E-state index in [1.807, 2.05) is 0 Å². The standard InChI is InChI=1S/C10H16NO6PS3/c1-4-14-9(12)8-7-19-10(11-8)17-18(13,20-15-5-2)21-16-6-3/h7H,4-6H2,1-3H3. The highest BCUT2D eigenvalue weighted by molar-refractivity contribution is 8.87. The second-order valence-electron chi connectivity index (χ2n) is 3.22. The van der Waals surface area contributed by atoms with Gasteiger partial charge in [0.1, 0.15) is 23.3 Å². The predicted molar refractivity (Wildman–Crippen MR) is 84.7 cm³/mol. The zero-order valence-corrected chi connectivity index (χ0v) is 15.1. The number of ether oxygens (including phenoxy) is 1. The Hall–Kier alpha value is -0.250. The number of rotatable bonds is 10. The molecule has 1 rings (SSSR count). The lowest BCUT2D eigenvalue weighted by Gasteiger charge is -2.13. The summed E-state index contributed by atoms with van der Waals surface area (Å²) in [4.78, 5) is 15.4. The lowest BCUT2D eigenvalue weighted by atomic mass is 10.5. The molecule has 0 N–H and O–H groups in total. The van der Waals surface area contributed by atoms with E-state index in [1.165, 1.54) is 5.38 Å². The minimum absolute atomic E-state index is 0.0980. The molecule has 120 valence electrons. The molecule has 1 heterocycles. The lowest BCUT2D eigenvalue weighted by Crippen LogP contribution is -2.04. The fourth-order valence-corrected chi connectivity index (χ4v) is 6.13. The van der Waals surface area contributed by atoms with Crippen LogP contribution in [0.4, 0.5) is 0 Å². The summed E-state index contributed by atoms with van der Waals surface area (Å²) in [6, 6.07) is 0. The van der Waals surface area contributed by atoms with Gasteiger partial charge in [0.25, 0.3) is 5.19 Å². The molecule has 0 bridgehead atoms. The molecule has 0 saturated carbocycles. The van der Waals surface area contributed by atoms with Crippen LogP contribution in [0.25, 0.3) is 0 Å². The summed E-state index contributed by atoms with van der Waals surface area (Å²) in [6.45, 7) is 6.24. The van der Waals surface area contributed by atoms with Crippen LogP contribution in [-0.2, 0) is 17.7 Å². The van der Waals surface area contributed by atoms with Crippen LogP contribution in [0.15, 0.2) is 5.38 Å². The number of nitrogens with zero attached hydrogens (tertiary/aromatic N) is 1. The highest BCUT2D eigenvalue weighted by atomic mass is 33.1. The van der Waals surface area contributed by atoms with Gasteiger partial charge in [-0.3, -0.25) is 0 Å². The Morgan fingerprint density at radius 2 is 1.86 bits per heavy atom. The normalized spacial score (nSPS) is 11.4. The van der Waals surface area contributed by atoms with Gasteiger partial charge in [-0.25, -0.2) is 9.36 Å². The summed E-state index contributed by atoms with van der Waals surface area (Å²) >= 11 is 2.47. The average molecular weight is 373 g/mol. The molecule has 0 spiro atoms. The molecule has 0 radical (unpaired) electrons. The summed E-state index contributed by atoms with van der Waals surface area (Å²) in [5, 5.41) is 1.58. The van der Waals surface area contributed by atoms with E-state index in [0.717, 1.165) is 11.3 Å². The Bertz CT molecular complexity index is 485. The van der Waals surface area contributed by atoms with Crippen LogP contribution in [-0.4, -0.2) is 30.8 Å². The largest absolute Gasteiger partial charge is 0.461 e. The van der Waals surface area contributed by atoms with E-state index in [0.29, 0.717) is 36.5 Å². The van der Waals surface area contributed by atoms with Gasteiger partial charge in [-0.2, -0.15) is 4.98 Å². The summed E-state index contributed by atoms with van der Waals surface area (Å²) in [5.74, 6) is -3.87. The molecule has 0 unspecified atom stereocenters. The monoisotopic (exact) mass is 373 g/mol. The first-order valence-electron chi connectivity index (χ1n) is 6.09. The molecular weight excluding hydrogens is 357 g/mol. The van der Waals surface area contributed by atoms with Crippen molar-refractivity contribution in [1.82, 2.24) is 4.98 Å². The second kappa shape index (κ2) is 9.70.